The van der Waals surface area contributed by atoms with Gasteiger partial charge in [0, 0.05) is 31.0 Å². The molecule has 0 atom stereocenters. The molecule has 1 fully saturated rings. The number of nitrogens with two attached hydrogens (primary N) is 1. The number of carbonyl (C=O) groups excluding carboxylic acids is 1. The second-order valence-electron chi connectivity index (χ2n) is 5.76. The second-order valence-corrected chi connectivity index (χ2v) is 5.76. The minimum absolute atomic E-state index is 0.0241. The first-order valence-electron chi connectivity index (χ1n) is 7.61. The first-order valence-corrected chi connectivity index (χ1v) is 7.61. The molecule has 0 radical (unpaired) electrons. The number of aromatic nitrogens is 1. The van der Waals surface area contributed by atoms with Gasteiger partial charge in [0.25, 0.3) is 5.91 Å². The SMILES string of the molecule is NCC1CCN(C(=O)c2c[nH]cc2-c2ccc(F)cc2)CC1. The Kier molecular flexibility index (Phi) is 4.24. The number of aromatic amines is 1. The smallest absolute Gasteiger partial charge is 0.256 e. The molecule has 1 aromatic carbocycles. The molecule has 1 aliphatic heterocycles. The highest BCUT2D eigenvalue weighted by Crippen LogP contribution is 2.26. The van der Waals surface area contributed by atoms with E-state index in [4.69, 9.17) is 5.73 Å². The topological polar surface area (TPSA) is 62.1 Å². The molecule has 4 nitrogen and oxygen atoms in total. The van der Waals surface area contributed by atoms with Crippen molar-refractivity contribution in [2.45, 2.75) is 12.8 Å². The van der Waals surface area contributed by atoms with Crippen molar-refractivity contribution in [2.75, 3.05) is 19.6 Å². The van der Waals surface area contributed by atoms with Crippen LogP contribution in [0, 0.1) is 11.7 Å². The predicted octanol–water partition coefficient (Wildman–Crippen LogP) is 2.63. The van der Waals surface area contributed by atoms with Crippen LogP contribution in [0.1, 0.15) is 23.2 Å². The Morgan fingerprint density at radius 2 is 1.91 bits per heavy atom. The molecule has 22 heavy (non-hydrogen) atoms. The van der Waals surface area contributed by atoms with Gasteiger partial charge in [0.1, 0.15) is 5.82 Å². The molecule has 0 aliphatic carbocycles. The zero-order valence-corrected chi connectivity index (χ0v) is 12.4. The van der Waals surface area contributed by atoms with Crippen molar-refractivity contribution in [1.29, 1.82) is 0 Å². The van der Waals surface area contributed by atoms with Crippen molar-refractivity contribution < 1.29 is 9.18 Å². The minimum Gasteiger partial charge on any atom is -0.366 e. The Hall–Kier alpha value is -2.14. The van der Waals surface area contributed by atoms with Gasteiger partial charge in [0.2, 0.25) is 0 Å². The molecule has 1 amide bonds. The van der Waals surface area contributed by atoms with E-state index in [9.17, 15) is 9.18 Å². The minimum atomic E-state index is -0.281. The number of hydrogen-bond donors (Lipinski definition) is 2. The van der Waals surface area contributed by atoms with Gasteiger partial charge in [-0.2, -0.15) is 0 Å². The Balaban J connectivity index is 1.80. The van der Waals surface area contributed by atoms with Crippen LogP contribution in [0.2, 0.25) is 0 Å². The number of rotatable bonds is 3. The fourth-order valence-corrected chi connectivity index (χ4v) is 2.95. The van der Waals surface area contributed by atoms with Gasteiger partial charge in [-0.25, -0.2) is 4.39 Å². The van der Waals surface area contributed by atoms with E-state index in [1.54, 1.807) is 24.5 Å². The molecule has 0 unspecified atom stereocenters. The molecular formula is C17H20FN3O. The van der Waals surface area contributed by atoms with Crippen molar-refractivity contribution in [3.8, 4) is 11.1 Å². The lowest BCUT2D eigenvalue weighted by atomic mass is 9.96. The fourth-order valence-electron chi connectivity index (χ4n) is 2.95. The average Bonchev–Trinajstić information content (AvgIpc) is 3.04. The van der Waals surface area contributed by atoms with E-state index < -0.39 is 0 Å². The van der Waals surface area contributed by atoms with E-state index in [0.29, 0.717) is 18.0 Å². The molecule has 116 valence electrons. The number of halogens is 1. The van der Waals surface area contributed by atoms with Crippen LogP contribution in [0.4, 0.5) is 4.39 Å². The summed E-state index contributed by atoms with van der Waals surface area (Å²) in [7, 11) is 0. The van der Waals surface area contributed by atoms with Crippen LogP contribution >= 0.6 is 0 Å². The maximum Gasteiger partial charge on any atom is 0.256 e. The van der Waals surface area contributed by atoms with Gasteiger partial charge in [-0.15, -0.1) is 0 Å². The third-order valence-electron chi connectivity index (χ3n) is 4.37. The lowest BCUT2D eigenvalue weighted by Crippen LogP contribution is -2.40. The normalized spacial score (nSPS) is 16.0. The van der Waals surface area contributed by atoms with Crippen LogP contribution in [0.25, 0.3) is 11.1 Å². The maximum atomic E-state index is 13.1. The first kappa shape index (κ1) is 14.8. The molecule has 0 saturated carbocycles. The van der Waals surface area contributed by atoms with E-state index in [1.807, 2.05) is 4.90 Å². The molecule has 3 rings (SSSR count). The Morgan fingerprint density at radius 3 is 2.55 bits per heavy atom. The largest absolute Gasteiger partial charge is 0.366 e. The lowest BCUT2D eigenvalue weighted by molar-refractivity contribution is 0.0694. The van der Waals surface area contributed by atoms with Crippen LogP contribution in [0.3, 0.4) is 0 Å². The predicted molar refractivity (Wildman–Crippen MR) is 83.9 cm³/mol. The highest BCUT2D eigenvalue weighted by Gasteiger charge is 2.25. The van der Waals surface area contributed by atoms with Crippen molar-refractivity contribution in [3.05, 3.63) is 48.0 Å². The molecule has 0 spiro atoms. The number of hydrogen-bond acceptors (Lipinski definition) is 2. The van der Waals surface area contributed by atoms with Gasteiger partial charge in [0.15, 0.2) is 0 Å². The highest BCUT2D eigenvalue weighted by molar-refractivity contribution is 6.00. The number of amides is 1. The van der Waals surface area contributed by atoms with Gasteiger partial charge in [-0.3, -0.25) is 4.79 Å². The quantitative estimate of drug-likeness (QED) is 0.915. The molecule has 1 saturated heterocycles. The van der Waals surface area contributed by atoms with Gasteiger partial charge < -0.3 is 15.6 Å². The molecule has 2 heterocycles. The van der Waals surface area contributed by atoms with E-state index in [2.05, 4.69) is 4.98 Å². The zero-order chi connectivity index (χ0) is 15.5. The third-order valence-corrected chi connectivity index (χ3v) is 4.37. The highest BCUT2D eigenvalue weighted by atomic mass is 19.1. The van der Waals surface area contributed by atoms with Crippen LogP contribution in [0.5, 0.6) is 0 Å². The first-order chi connectivity index (χ1) is 10.7. The number of nitrogens with zero attached hydrogens (tertiary/aromatic N) is 1. The number of likely N-dealkylation sites (tertiary alicyclic amines) is 1. The molecule has 2 aromatic rings. The maximum absolute atomic E-state index is 13.1. The van der Waals surface area contributed by atoms with Crippen LogP contribution < -0.4 is 5.73 Å². The van der Waals surface area contributed by atoms with E-state index in [-0.39, 0.29) is 11.7 Å². The van der Waals surface area contributed by atoms with Crippen LogP contribution in [0.15, 0.2) is 36.7 Å². The number of piperidine rings is 1. The number of benzene rings is 1. The summed E-state index contributed by atoms with van der Waals surface area (Å²) in [5, 5.41) is 0. The fraction of sp³-hybridized carbons (Fsp3) is 0.353. The molecule has 0 bridgehead atoms. The molecule has 1 aliphatic rings. The summed E-state index contributed by atoms with van der Waals surface area (Å²) in [4.78, 5) is 17.6. The van der Waals surface area contributed by atoms with Crippen molar-refractivity contribution in [3.63, 3.8) is 0 Å². The Labute approximate surface area is 129 Å². The molecular weight excluding hydrogens is 281 g/mol. The van der Waals surface area contributed by atoms with Crippen molar-refractivity contribution in [1.82, 2.24) is 9.88 Å². The average molecular weight is 301 g/mol. The molecule has 1 aromatic heterocycles. The molecule has 3 N–H and O–H groups in total. The van der Waals surface area contributed by atoms with Gasteiger partial charge in [-0.1, -0.05) is 12.1 Å². The summed E-state index contributed by atoms with van der Waals surface area (Å²) in [5.74, 6) is 0.263. The van der Waals surface area contributed by atoms with Gasteiger partial charge in [0.05, 0.1) is 5.56 Å². The molecule has 5 heteroatoms. The zero-order valence-electron chi connectivity index (χ0n) is 12.4. The van der Waals surface area contributed by atoms with Gasteiger partial charge >= 0.3 is 0 Å². The lowest BCUT2D eigenvalue weighted by Gasteiger charge is -2.31. The summed E-state index contributed by atoms with van der Waals surface area (Å²) in [6.45, 7) is 2.18. The Bertz CT molecular complexity index is 642. The number of carbonyl (C=O) groups is 1. The number of H-pyrrole nitrogens is 1. The number of nitrogens with one attached hydrogen (secondary N) is 1. The van der Waals surface area contributed by atoms with Gasteiger partial charge in [-0.05, 0) is 43.0 Å². The van der Waals surface area contributed by atoms with Crippen LogP contribution in [-0.2, 0) is 0 Å². The summed E-state index contributed by atoms with van der Waals surface area (Å²) in [5.41, 5.74) is 7.98. The van der Waals surface area contributed by atoms with E-state index in [1.165, 1.54) is 12.1 Å². The van der Waals surface area contributed by atoms with E-state index in [0.717, 1.165) is 37.1 Å². The van der Waals surface area contributed by atoms with Crippen molar-refractivity contribution >= 4 is 5.91 Å². The van der Waals surface area contributed by atoms with E-state index >= 15 is 0 Å². The second kappa shape index (κ2) is 6.32. The third kappa shape index (κ3) is 2.90. The summed E-state index contributed by atoms with van der Waals surface area (Å²) < 4.78 is 13.1. The standard InChI is InChI=1S/C17H20FN3O/c18-14-3-1-13(2-4-14)15-10-20-11-16(15)17(22)21-7-5-12(9-19)6-8-21/h1-4,10-12,20H,5-9,19H2. The summed E-state index contributed by atoms with van der Waals surface area (Å²) >= 11 is 0. The van der Waals surface area contributed by atoms with Crippen molar-refractivity contribution in [2.24, 2.45) is 11.7 Å². The summed E-state index contributed by atoms with van der Waals surface area (Å²) in [6, 6.07) is 6.19. The van der Waals surface area contributed by atoms with Crippen LogP contribution in [-0.4, -0.2) is 35.4 Å². The monoisotopic (exact) mass is 301 g/mol. The summed E-state index contributed by atoms with van der Waals surface area (Å²) in [6.07, 6.45) is 5.42. The Morgan fingerprint density at radius 1 is 1.23 bits per heavy atom.